The Bertz CT molecular complexity index is 1000. The first-order valence-corrected chi connectivity index (χ1v) is 15.5. The summed E-state index contributed by atoms with van der Waals surface area (Å²) in [6.45, 7) is 11.0. The fraction of sp³-hybridized carbons (Fsp3) is 0.571. The number of hydroxylamine groups is 1. The molecule has 2 aromatic carbocycles. The number of nitrogens with one attached hydrogen (secondary N) is 2. The summed E-state index contributed by atoms with van der Waals surface area (Å²) in [6, 6.07) is 16.5. The molecule has 4 heteroatoms. The molecule has 2 atom stereocenters. The van der Waals surface area contributed by atoms with Crippen molar-refractivity contribution in [3.8, 4) is 0 Å². The summed E-state index contributed by atoms with van der Waals surface area (Å²) < 4.78 is 0. The number of para-hydroxylation sites is 1. The van der Waals surface area contributed by atoms with E-state index >= 15 is 0 Å². The van der Waals surface area contributed by atoms with Crippen LogP contribution in [0.4, 0.5) is 5.69 Å². The maximum absolute atomic E-state index is 14.3. The Labute approximate surface area is 238 Å². The van der Waals surface area contributed by atoms with Gasteiger partial charge in [0.15, 0.2) is 0 Å². The molecule has 0 aromatic heterocycles. The number of rotatable bonds is 17. The Kier molecular flexibility index (Phi) is 12.6. The second-order valence-corrected chi connectivity index (χ2v) is 11.9. The topological polar surface area (TPSA) is 50.4 Å². The normalized spacial score (nSPS) is 17.5. The van der Waals surface area contributed by atoms with Crippen LogP contribution in [0.1, 0.15) is 140 Å². The molecular formula is C35H52N2O2. The van der Waals surface area contributed by atoms with Crippen molar-refractivity contribution in [1.29, 1.82) is 0 Å². The van der Waals surface area contributed by atoms with Crippen molar-refractivity contribution in [3.63, 3.8) is 0 Å². The van der Waals surface area contributed by atoms with Crippen LogP contribution in [0.2, 0.25) is 0 Å². The van der Waals surface area contributed by atoms with E-state index < -0.39 is 11.5 Å². The standard InChI is InChI=1S/C35H52N2O2/c1-6-7-8-9-10-11-12-13-14-18-24-35(25-26-36-39-35)32(29-20-16-15-17-21-29)34(38)37-33-30(27(2)3)22-19-23-31(33)28(4)5/h15-17,19-23,25-28,32,36H,6-14,18,24H2,1-5H3,(H,37,38). The van der Waals surface area contributed by atoms with Crippen LogP contribution in [0.15, 0.2) is 60.8 Å². The maximum Gasteiger partial charge on any atom is 0.235 e. The number of hydrogen-bond donors (Lipinski definition) is 2. The largest absolute Gasteiger partial charge is 0.325 e. The zero-order valence-electron chi connectivity index (χ0n) is 25.1. The Morgan fingerprint density at radius 1 is 0.795 bits per heavy atom. The highest BCUT2D eigenvalue weighted by atomic mass is 16.7. The van der Waals surface area contributed by atoms with Crippen LogP contribution in [-0.4, -0.2) is 11.5 Å². The first-order valence-electron chi connectivity index (χ1n) is 15.5. The zero-order chi connectivity index (χ0) is 28.1. The summed E-state index contributed by atoms with van der Waals surface area (Å²) in [5.41, 5.74) is 6.52. The molecule has 39 heavy (non-hydrogen) atoms. The second kappa shape index (κ2) is 15.9. The highest BCUT2D eigenvalue weighted by Gasteiger charge is 2.45. The molecule has 2 N–H and O–H groups in total. The van der Waals surface area contributed by atoms with Crippen LogP contribution in [0.25, 0.3) is 0 Å². The van der Waals surface area contributed by atoms with Crippen molar-refractivity contribution in [3.05, 3.63) is 77.5 Å². The molecule has 0 fully saturated rings. The number of carbonyl (C=O) groups excluding carboxylic acids is 1. The Balaban J connectivity index is 1.76. The molecule has 3 rings (SSSR count). The fourth-order valence-electron chi connectivity index (χ4n) is 5.87. The average Bonchev–Trinajstić information content (AvgIpc) is 3.39. The molecule has 0 saturated heterocycles. The molecule has 0 bridgehead atoms. The summed E-state index contributed by atoms with van der Waals surface area (Å²) in [7, 11) is 0. The molecule has 1 aliphatic rings. The third-order valence-corrected chi connectivity index (χ3v) is 8.11. The molecular weight excluding hydrogens is 480 g/mol. The Morgan fingerprint density at radius 2 is 1.36 bits per heavy atom. The molecule has 0 radical (unpaired) electrons. The predicted octanol–water partition coefficient (Wildman–Crippen LogP) is 9.75. The van der Waals surface area contributed by atoms with Crippen molar-refractivity contribution in [2.45, 2.75) is 129 Å². The lowest BCUT2D eigenvalue weighted by atomic mass is 9.77. The van der Waals surface area contributed by atoms with Gasteiger partial charge >= 0.3 is 0 Å². The molecule has 2 unspecified atom stereocenters. The number of carbonyl (C=O) groups is 1. The number of amides is 1. The average molecular weight is 533 g/mol. The van der Waals surface area contributed by atoms with Crippen molar-refractivity contribution < 1.29 is 9.63 Å². The Morgan fingerprint density at radius 3 is 1.87 bits per heavy atom. The summed E-state index contributed by atoms with van der Waals surface area (Å²) >= 11 is 0. The van der Waals surface area contributed by atoms with Gasteiger partial charge in [0, 0.05) is 11.9 Å². The predicted molar refractivity (Wildman–Crippen MR) is 165 cm³/mol. The maximum atomic E-state index is 14.3. The van der Waals surface area contributed by atoms with E-state index in [1.54, 1.807) is 0 Å². The van der Waals surface area contributed by atoms with Crippen molar-refractivity contribution in [2.24, 2.45) is 0 Å². The number of unbranched alkanes of at least 4 members (excludes halogenated alkanes) is 9. The van der Waals surface area contributed by atoms with E-state index in [0.717, 1.165) is 30.5 Å². The minimum absolute atomic E-state index is 0.0170. The van der Waals surface area contributed by atoms with E-state index in [1.807, 2.05) is 24.4 Å². The van der Waals surface area contributed by atoms with Crippen LogP contribution in [-0.2, 0) is 9.63 Å². The van der Waals surface area contributed by atoms with Gasteiger partial charge in [0.25, 0.3) is 0 Å². The summed E-state index contributed by atoms with van der Waals surface area (Å²) in [5.74, 6) is 0.124. The number of hydrogen-bond acceptors (Lipinski definition) is 3. The monoisotopic (exact) mass is 532 g/mol. The van der Waals surface area contributed by atoms with Gasteiger partial charge in [-0.15, -0.1) is 0 Å². The minimum Gasteiger partial charge on any atom is -0.325 e. The molecule has 0 saturated carbocycles. The SMILES string of the molecule is CCCCCCCCCCCCC1(C(C(=O)Nc2c(C(C)C)cccc2C(C)C)c2ccccc2)C=CNO1. The van der Waals surface area contributed by atoms with Gasteiger partial charge < -0.3 is 5.32 Å². The van der Waals surface area contributed by atoms with Crippen LogP contribution in [0, 0.1) is 0 Å². The third kappa shape index (κ3) is 8.70. The van der Waals surface area contributed by atoms with Crippen molar-refractivity contribution in [2.75, 3.05) is 5.32 Å². The van der Waals surface area contributed by atoms with E-state index in [1.165, 1.54) is 62.5 Å². The number of anilines is 1. The smallest absolute Gasteiger partial charge is 0.235 e. The van der Waals surface area contributed by atoms with E-state index in [0.29, 0.717) is 11.8 Å². The van der Waals surface area contributed by atoms with E-state index in [2.05, 4.69) is 81.8 Å². The van der Waals surface area contributed by atoms with Gasteiger partial charge in [-0.3, -0.25) is 15.1 Å². The molecule has 1 aliphatic heterocycles. The first-order chi connectivity index (χ1) is 18.9. The van der Waals surface area contributed by atoms with Gasteiger partial charge in [0.05, 0.1) is 5.92 Å². The minimum atomic E-state index is -0.726. The third-order valence-electron chi connectivity index (χ3n) is 8.11. The van der Waals surface area contributed by atoms with E-state index in [4.69, 9.17) is 4.84 Å². The lowest BCUT2D eigenvalue weighted by molar-refractivity contribution is -0.127. The molecule has 1 heterocycles. The van der Waals surface area contributed by atoms with Crippen molar-refractivity contribution >= 4 is 11.6 Å². The van der Waals surface area contributed by atoms with Crippen LogP contribution >= 0.6 is 0 Å². The second-order valence-electron chi connectivity index (χ2n) is 11.9. The first kappa shape index (κ1) is 30.9. The molecule has 214 valence electrons. The molecule has 0 spiro atoms. The van der Waals surface area contributed by atoms with Crippen LogP contribution < -0.4 is 10.8 Å². The molecule has 0 aliphatic carbocycles. The van der Waals surface area contributed by atoms with Gasteiger partial charge in [-0.2, -0.15) is 0 Å². The molecule has 2 aromatic rings. The highest BCUT2D eigenvalue weighted by molar-refractivity contribution is 5.98. The molecule has 4 nitrogen and oxygen atoms in total. The van der Waals surface area contributed by atoms with E-state index in [9.17, 15) is 4.79 Å². The van der Waals surface area contributed by atoms with Gasteiger partial charge in [-0.25, -0.2) is 0 Å². The Hall–Kier alpha value is -2.59. The number of benzene rings is 2. The van der Waals surface area contributed by atoms with Gasteiger partial charge in [0.1, 0.15) is 5.60 Å². The molecule has 1 amide bonds. The lowest BCUT2D eigenvalue weighted by Gasteiger charge is -2.34. The highest BCUT2D eigenvalue weighted by Crippen LogP contribution is 2.41. The van der Waals surface area contributed by atoms with Crippen LogP contribution in [0.3, 0.4) is 0 Å². The van der Waals surface area contributed by atoms with E-state index in [-0.39, 0.29) is 5.91 Å². The van der Waals surface area contributed by atoms with Gasteiger partial charge in [-0.1, -0.05) is 147 Å². The summed E-state index contributed by atoms with van der Waals surface area (Å²) in [6.07, 6.45) is 17.5. The summed E-state index contributed by atoms with van der Waals surface area (Å²) in [4.78, 5) is 20.5. The zero-order valence-corrected chi connectivity index (χ0v) is 25.1. The van der Waals surface area contributed by atoms with Crippen molar-refractivity contribution in [1.82, 2.24) is 5.48 Å². The summed E-state index contributed by atoms with van der Waals surface area (Å²) in [5, 5.41) is 3.40. The van der Waals surface area contributed by atoms with Crippen LogP contribution in [0.5, 0.6) is 0 Å². The lowest BCUT2D eigenvalue weighted by Crippen LogP contribution is -2.43. The van der Waals surface area contributed by atoms with Gasteiger partial charge in [-0.05, 0) is 41.0 Å². The quantitative estimate of drug-likeness (QED) is 0.199. The fourth-order valence-corrected chi connectivity index (χ4v) is 5.87. The van der Waals surface area contributed by atoms with Gasteiger partial charge in [0.2, 0.25) is 5.91 Å².